The van der Waals surface area contributed by atoms with Gasteiger partial charge in [-0.1, -0.05) is 0 Å². The summed E-state index contributed by atoms with van der Waals surface area (Å²) in [5.41, 5.74) is 0.229. The standard InChI is InChI=1S/C13H11FN2O2/c14-10-6-9(15-13(18)7-1-2-7)5-8-3-4-11(17)16-12(8)10/h3-7H,1-2H2,(H,15,18)(H,16,17). The van der Waals surface area contributed by atoms with Crippen LogP contribution >= 0.6 is 0 Å². The Labute approximate surface area is 102 Å². The zero-order valence-electron chi connectivity index (χ0n) is 9.50. The molecular weight excluding hydrogens is 235 g/mol. The first-order chi connectivity index (χ1) is 8.63. The van der Waals surface area contributed by atoms with Crippen molar-refractivity contribution in [1.82, 2.24) is 4.98 Å². The number of hydrogen-bond donors (Lipinski definition) is 2. The number of carbonyl (C=O) groups is 1. The number of anilines is 1. The van der Waals surface area contributed by atoms with Crippen LogP contribution in [0.1, 0.15) is 12.8 Å². The number of benzene rings is 1. The van der Waals surface area contributed by atoms with Crippen molar-refractivity contribution < 1.29 is 9.18 Å². The highest BCUT2D eigenvalue weighted by Gasteiger charge is 2.29. The molecule has 1 aliphatic carbocycles. The Balaban J connectivity index is 2.01. The first-order valence-corrected chi connectivity index (χ1v) is 5.77. The van der Waals surface area contributed by atoms with Crippen LogP contribution in [0.15, 0.2) is 29.1 Å². The zero-order valence-corrected chi connectivity index (χ0v) is 9.50. The fraction of sp³-hybridized carbons (Fsp3) is 0.231. The summed E-state index contributed by atoms with van der Waals surface area (Å²) < 4.78 is 13.8. The average molecular weight is 246 g/mol. The van der Waals surface area contributed by atoms with Gasteiger partial charge in [-0.2, -0.15) is 0 Å². The number of hydrogen-bond acceptors (Lipinski definition) is 2. The predicted molar refractivity (Wildman–Crippen MR) is 65.9 cm³/mol. The number of fused-ring (bicyclic) bond motifs is 1. The highest BCUT2D eigenvalue weighted by Crippen LogP contribution is 2.30. The lowest BCUT2D eigenvalue weighted by Crippen LogP contribution is -2.13. The summed E-state index contributed by atoms with van der Waals surface area (Å²) in [6, 6.07) is 5.73. The van der Waals surface area contributed by atoms with Crippen LogP contribution in [0.5, 0.6) is 0 Å². The van der Waals surface area contributed by atoms with E-state index < -0.39 is 5.82 Å². The Kier molecular flexibility index (Phi) is 2.40. The highest BCUT2D eigenvalue weighted by molar-refractivity contribution is 5.96. The zero-order chi connectivity index (χ0) is 12.7. The van der Waals surface area contributed by atoms with E-state index in [-0.39, 0.29) is 22.9 Å². The smallest absolute Gasteiger partial charge is 0.248 e. The SMILES string of the molecule is O=C(Nc1cc(F)c2[nH]c(=O)ccc2c1)C1CC1. The van der Waals surface area contributed by atoms with Gasteiger partial charge < -0.3 is 10.3 Å². The number of rotatable bonds is 2. The molecule has 1 saturated carbocycles. The van der Waals surface area contributed by atoms with Crippen molar-refractivity contribution in [3.8, 4) is 0 Å². The maximum Gasteiger partial charge on any atom is 0.248 e. The molecule has 1 aliphatic rings. The predicted octanol–water partition coefficient (Wildman–Crippen LogP) is 2.02. The van der Waals surface area contributed by atoms with Gasteiger partial charge in [-0.3, -0.25) is 9.59 Å². The van der Waals surface area contributed by atoms with E-state index in [4.69, 9.17) is 0 Å². The van der Waals surface area contributed by atoms with Crippen molar-refractivity contribution in [2.24, 2.45) is 5.92 Å². The molecule has 2 N–H and O–H groups in total. The Bertz CT molecular complexity index is 689. The second-order valence-electron chi connectivity index (χ2n) is 4.51. The van der Waals surface area contributed by atoms with Crippen molar-refractivity contribution >= 4 is 22.5 Å². The van der Waals surface area contributed by atoms with Crippen molar-refractivity contribution in [3.63, 3.8) is 0 Å². The molecule has 1 amide bonds. The summed E-state index contributed by atoms with van der Waals surface area (Å²) in [4.78, 5) is 25.1. The van der Waals surface area contributed by atoms with Crippen molar-refractivity contribution in [2.75, 3.05) is 5.32 Å². The largest absolute Gasteiger partial charge is 0.326 e. The summed E-state index contributed by atoms with van der Waals surface area (Å²) in [7, 11) is 0. The molecule has 4 nitrogen and oxygen atoms in total. The number of carbonyl (C=O) groups excluding carboxylic acids is 1. The first kappa shape index (κ1) is 11.0. The highest BCUT2D eigenvalue weighted by atomic mass is 19.1. The number of H-pyrrole nitrogens is 1. The van der Waals surface area contributed by atoms with Crippen LogP contribution in [0.4, 0.5) is 10.1 Å². The van der Waals surface area contributed by atoms with E-state index >= 15 is 0 Å². The third-order valence-electron chi connectivity index (χ3n) is 3.00. The number of halogens is 1. The van der Waals surface area contributed by atoms with E-state index in [9.17, 15) is 14.0 Å². The molecule has 0 unspecified atom stereocenters. The molecule has 2 aromatic rings. The molecule has 3 rings (SSSR count). The Morgan fingerprint density at radius 3 is 2.83 bits per heavy atom. The molecule has 0 saturated heterocycles. The molecule has 1 heterocycles. The minimum absolute atomic E-state index is 0.0688. The van der Waals surface area contributed by atoms with Crippen LogP contribution in [0.2, 0.25) is 0 Å². The van der Waals surface area contributed by atoms with Crippen LogP contribution in [0.25, 0.3) is 10.9 Å². The van der Waals surface area contributed by atoms with E-state index in [1.165, 1.54) is 18.2 Å². The van der Waals surface area contributed by atoms with E-state index in [0.29, 0.717) is 11.1 Å². The van der Waals surface area contributed by atoms with Gasteiger partial charge in [-0.05, 0) is 31.0 Å². The summed E-state index contributed by atoms with van der Waals surface area (Å²) in [5, 5.41) is 3.24. The van der Waals surface area contributed by atoms with Gasteiger partial charge in [0, 0.05) is 23.1 Å². The number of aromatic amines is 1. The Morgan fingerprint density at radius 2 is 2.11 bits per heavy atom. The molecule has 5 heteroatoms. The third kappa shape index (κ3) is 1.99. The van der Waals surface area contributed by atoms with Gasteiger partial charge in [0.25, 0.3) is 0 Å². The van der Waals surface area contributed by atoms with E-state index in [0.717, 1.165) is 12.8 Å². The van der Waals surface area contributed by atoms with Crippen LogP contribution in [0.3, 0.4) is 0 Å². The van der Waals surface area contributed by atoms with Gasteiger partial charge in [0.1, 0.15) is 5.82 Å². The maximum absolute atomic E-state index is 13.8. The molecule has 1 aromatic carbocycles. The summed E-state index contributed by atoms with van der Waals surface area (Å²) in [5.74, 6) is -0.547. The fourth-order valence-electron chi connectivity index (χ4n) is 1.88. The van der Waals surface area contributed by atoms with Gasteiger partial charge in [-0.15, -0.1) is 0 Å². The third-order valence-corrected chi connectivity index (χ3v) is 3.00. The fourth-order valence-corrected chi connectivity index (χ4v) is 1.88. The van der Waals surface area contributed by atoms with Gasteiger partial charge in [0.05, 0.1) is 5.52 Å². The molecule has 18 heavy (non-hydrogen) atoms. The van der Waals surface area contributed by atoms with Gasteiger partial charge in [0.15, 0.2) is 0 Å². The lowest BCUT2D eigenvalue weighted by Gasteiger charge is -2.06. The average Bonchev–Trinajstić information content (AvgIpc) is 3.14. The minimum Gasteiger partial charge on any atom is -0.326 e. The molecule has 0 aliphatic heterocycles. The topological polar surface area (TPSA) is 62.0 Å². The quantitative estimate of drug-likeness (QED) is 0.851. The van der Waals surface area contributed by atoms with Crippen LogP contribution < -0.4 is 10.9 Å². The molecule has 0 bridgehead atoms. The number of pyridine rings is 1. The molecule has 92 valence electrons. The van der Waals surface area contributed by atoms with E-state index in [1.807, 2.05) is 0 Å². The lowest BCUT2D eigenvalue weighted by atomic mass is 10.2. The molecular formula is C13H11FN2O2. The first-order valence-electron chi connectivity index (χ1n) is 5.77. The van der Waals surface area contributed by atoms with Crippen LogP contribution in [-0.2, 0) is 4.79 Å². The summed E-state index contributed by atoms with van der Waals surface area (Å²) >= 11 is 0. The molecule has 1 aromatic heterocycles. The molecule has 0 spiro atoms. The second kappa shape index (κ2) is 3.94. The van der Waals surface area contributed by atoms with Crippen LogP contribution in [0, 0.1) is 11.7 Å². The molecule has 0 atom stereocenters. The monoisotopic (exact) mass is 246 g/mol. The molecule has 0 radical (unpaired) electrons. The minimum atomic E-state index is -0.545. The molecule has 1 fully saturated rings. The van der Waals surface area contributed by atoms with E-state index in [1.54, 1.807) is 6.07 Å². The van der Waals surface area contributed by atoms with Crippen molar-refractivity contribution in [2.45, 2.75) is 12.8 Å². The number of nitrogens with one attached hydrogen (secondary N) is 2. The summed E-state index contributed by atoms with van der Waals surface area (Å²) in [6.45, 7) is 0. The summed E-state index contributed by atoms with van der Waals surface area (Å²) in [6.07, 6.45) is 1.80. The normalized spacial score (nSPS) is 14.7. The van der Waals surface area contributed by atoms with Gasteiger partial charge >= 0.3 is 0 Å². The number of aromatic nitrogens is 1. The Morgan fingerprint density at radius 1 is 1.33 bits per heavy atom. The maximum atomic E-state index is 13.8. The van der Waals surface area contributed by atoms with Crippen LogP contribution in [-0.4, -0.2) is 10.9 Å². The van der Waals surface area contributed by atoms with Crippen molar-refractivity contribution in [1.29, 1.82) is 0 Å². The van der Waals surface area contributed by atoms with E-state index in [2.05, 4.69) is 10.3 Å². The second-order valence-corrected chi connectivity index (χ2v) is 4.51. The van der Waals surface area contributed by atoms with Gasteiger partial charge in [0.2, 0.25) is 11.5 Å². The number of amides is 1. The Hall–Kier alpha value is -2.17. The lowest BCUT2D eigenvalue weighted by molar-refractivity contribution is -0.117. The van der Waals surface area contributed by atoms with Gasteiger partial charge in [-0.25, -0.2) is 4.39 Å². The van der Waals surface area contributed by atoms with Crippen molar-refractivity contribution in [3.05, 3.63) is 40.4 Å².